The number of nitrogens with zero attached hydrogens (tertiary/aromatic N) is 2. The maximum atomic E-state index is 12.9. The fourth-order valence-electron chi connectivity index (χ4n) is 2.85. The van der Waals surface area contributed by atoms with Gasteiger partial charge in [-0.2, -0.15) is 4.31 Å². The maximum absolute atomic E-state index is 12.9. The molecule has 0 aliphatic carbocycles. The largest absolute Gasteiger partial charge is 0.379 e. The zero-order valence-corrected chi connectivity index (χ0v) is 16.1. The molecule has 0 atom stereocenters. The van der Waals surface area contributed by atoms with Crippen molar-refractivity contribution in [2.24, 2.45) is 0 Å². The Bertz CT molecular complexity index is 697. The molecule has 1 fully saturated rings. The summed E-state index contributed by atoms with van der Waals surface area (Å²) >= 11 is 0. The van der Waals surface area contributed by atoms with Crippen molar-refractivity contribution in [3.63, 3.8) is 0 Å². The lowest BCUT2D eigenvalue weighted by molar-refractivity contribution is 0.0729. The van der Waals surface area contributed by atoms with Crippen LogP contribution in [0.5, 0.6) is 0 Å². The van der Waals surface area contributed by atoms with Crippen molar-refractivity contribution in [3.8, 4) is 0 Å². The van der Waals surface area contributed by atoms with Gasteiger partial charge in [0.25, 0.3) is 5.91 Å². The number of aryl methyl sites for hydroxylation is 1. The van der Waals surface area contributed by atoms with E-state index in [1.54, 1.807) is 17.0 Å². The number of benzene rings is 1. The monoisotopic (exact) mass is 368 g/mol. The summed E-state index contributed by atoms with van der Waals surface area (Å²) in [7, 11) is -3.60. The van der Waals surface area contributed by atoms with Crippen LogP contribution in [0.1, 0.15) is 42.6 Å². The third-order valence-corrected chi connectivity index (χ3v) is 6.39. The molecule has 6 nitrogen and oxygen atoms in total. The van der Waals surface area contributed by atoms with Crippen LogP contribution in [0.2, 0.25) is 0 Å². The van der Waals surface area contributed by atoms with Gasteiger partial charge in [-0.1, -0.05) is 19.4 Å². The second-order valence-corrected chi connectivity index (χ2v) is 8.17. The SMILES string of the molecule is CCCCN(CC)C(=O)c1cc(S(=O)(=O)N2CCOCC2)ccc1C. The molecule has 1 saturated heterocycles. The van der Waals surface area contributed by atoms with Crippen LogP contribution in [0, 0.1) is 6.92 Å². The molecule has 0 N–H and O–H groups in total. The highest BCUT2D eigenvalue weighted by molar-refractivity contribution is 7.89. The Hall–Kier alpha value is -1.44. The average molecular weight is 368 g/mol. The Labute approximate surface area is 150 Å². The quantitative estimate of drug-likeness (QED) is 0.740. The maximum Gasteiger partial charge on any atom is 0.254 e. The van der Waals surface area contributed by atoms with Gasteiger partial charge in [0, 0.05) is 31.7 Å². The number of hydrogen-bond acceptors (Lipinski definition) is 4. The number of rotatable bonds is 7. The molecule has 0 spiro atoms. The molecule has 0 unspecified atom stereocenters. The zero-order chi connectivity index (χ0) is 18.4. The molecule has 25 heavy (non-hydrogen) atoms. The fraction of sp³-hybridized carbons (Fsp3) is 0.611. The van der Waals surface area contributed by atoms with E-state index >= 15 is 0 Å². The van der Waals surface area contributed by atoms with Crippen molar-refractivity contribution in [3.05, 3.63) is 29.3 Å². The Morgan fingerprint density at radius 1 is 1.24 bits per heavy atom. The van der Waals surface area contributed by atoms with Gasteiger partial charge >= 0.3 is 0 Å². The summed E-state index contributed by atoms with van der Waals surface area (Å²) < 4.78 is 32.3. The number of carbonyl (C=O) groups is 1. The van der Waals surface area contributed by atoms with E-state index < -0.39 is 10.0 Å². The van der Waals surface area contributed by atoms with Crippen LogP contribution in [0.3, 0.4) is 0 Å². The summed E-state index contributed by atoms with van der Waals surface area (Å²) in [5.74, 6) is -0.104. The summed E-state index contributed by atoms with van der Waals surface area (Å²) in [6.45, 7) is 8.65. The minimum absolute atomic E-state index is 0.104. The average Bonchev–Trinajstić information content (AvgIpc) is 2.63. The topological polar surface area (TPSA) is 66.9 Å². The summed E-state index contributed by atoms with van der Waals surface area (Å²) in [6, 6.07) is 4.82. The molecule has 1 aliphatic rings. The summed E-state index contributed by atoms with van der Waals surface area (Å²) in [4.78, 5) is 14.8. The number of hydrogen-bond donors (Lipinski definition) is 0. The van der Waals surface area contributed by atoms with E-state index in [1.165, 1.54) is 10.4 Å². The van der Waals surface area contributed by atoms with Crippen LogP contribution in [-0.2, 0) is 14.8 Å². The first-order valence-corrected chi connectivity index (χ1v) is 10.3. The first-order chi connectivity index (χ1) is 11.9. The summed E-state index contributed by atoms with van der Waals surface area (Å²) in [5, 5.41) is 0. The Kier molecular flexibility index (Phi) is 6.98. The molecule has 1 heterocycles. The number of unbranched alkanes of at least 4 members (excludes halogenated alkanes) is 1. The van der Waals surface area contributed by atoms with E-state index in [1.807, 2.05) is 13.8 Å². The van der Waals surface area contributed by atoms with E-state index in [4.69, 9.17) is 4.74 Å². The Morgan fingerprint density at radius 3 is 2.52 bits per heavy atom. The lowest BCUT2D eigenvalue weighted by atomic mass is 10.1. The Balaban J connectivity index is 2.31. The van der Waals surface area contributed by atoms with Gasteiger partial charge in [-0.15, -0.1) is 0 Å². The lowest BCUT2D eigenvalue weighted by Crippen LogP contribution is -2.40. The van der Waals surface area contributed by atoms with Gasteiger partial charge in [-0.3, -0.25) is 4.79 Å². The number of carbonyl (C=O) groups excluding carboxylic acids is 1. The molecule has 0 aromatic heterocycles. The highest BCUT2D eigenvalue weighted by Crippen LogP contribution is 2.21. The first-order valence-electron chi connectivity index (χ1n) is 8.89. The molecular formula is C18H28N2O4S. The molecular weight excluding hydrogens is 340 g/mol. The van der Waals surface area contributed by atoms with Gasteiger partial charge in [0.05, 0.1) is 18.1 Å². The molecule has 2 rings (SSSR count). The van der Waals surface area contributed by atoms with E-state index in [2.05, 4.69) is 6.92 Å². The highest BCUT2D eigenvalue weighted by Gasteiger charge is 2.28. The molecule has 0 saturated carbocycles. The number of ether oxygens (including phenoxy) is 1. The van der Waals surface area contributed by atoms with Crippen LogP contribution >= 0.6 is 0 Å². The summed E-state index contributed by atoms with van der Waals surface area (Å²) in [6.07, 6.45) is 1.94. The van der Waals surface area contributed by atoms with Crippen molar-refractivity contribution >= 4 is 15.9 Å². The van der Waals surface area contributed by atoms with Crippen LogP contribution in [-0.4, -0.2) is 62.9 Å². The van der Waals surface area contributed by atoms with Crippen molar-refractivity contribution in [1.29, 1.82) is 0 Å². The number of amides is 1. The van der Waals surface area contributed by atoms with Gasteiger partial charge < -0.3 is 9.64 Å². The van der Waals surface area contributed by atoms with Crippen molar-refractivity contribution < 1.29 is 17.9 Å². The molecule has 1 aromatic carbocycles. The second kappa shape index (κ2) is 8.78. The predicted octanol–water partition coefficient (Wildman–Crippen LogP) is 2.28. The van der Waals surface area contributed by atoms with Crippen LogP contribution < -0.4 is 0 Å². The van der Waals surface area contributed by atoms with E-state index in [9.17, 15) is 13.2 Å². The Morgan fingerprint density at radius 2 is 1.92 bits per heavy atom. The minimum atomic E-state index is -3.60. The third kappa shape index (κ3) is 4.59. The zero-order valence-electron chi connectivity index (χ0n) is 15.3. The normalized spacial score (nSPS) is 16.0. The molecule has 0 radical (unpaired) electrons. The summed E-state index contributed by atoms with van der Waals surface area (Å²) in [5.41, 5.74) is 1.26. The highest BCUT2D eigenvalue weighted by atomic mass is 32.2. The van der Waals surface area contributed by atoms with Gasteiger partial charge in [0.2, 0.25) is 10.0 Å². The standard InChI is InChI=1S/C18H28N2O4S/c1-4-6-9-19(5-2)18(21)17-14-16(8-7-15(17)3)25(22,23)20-10-12-24-13-11-20/h7-8,14H,4-6,9-13H2,1-3H3. The molecule has 1 amide bonds. The third-order valence-electron chi connectivity index (χ3n) is 4.50. The number of morpholine rings is 1. The minimum Gasteiger partial charge on any atom is -0.379 e. The molecule has 140 valence electrons. The molecule has 1 aliphatic heterocycles. The fourth-order valence-corrected chi connectivity index (χ4v) is 4.29. The van der Waals surface area contributed by atoms with Crippen molar-refractivity contribution in [1.82, 2.24) is 9.21 Å². The number of sulfonamides is 1. The van der Waals surface area contributed by atoms with E-state index in [-0.39, 0.29) is 10.8 Å². The predicted molar refractivity (Wildman–Crippen MR) is 97.2 cm³/mol. The van der Waals surface area contributed by atoms with Crippen molar-refractivity contribution in [2.45, 2.75) is 38.5 Å². The molecule has 7 heteroatoms. The first kappa shape index (κ1) is 19.9. The molecule has 0 bridgehead atoms. The molecule has 1 aromatic rings. The van der Waals surface area contributed by atoms with Gasteiger partial charge in [-0.25, -0.2) is 8.42 Å². The smallest absolute Gasteiger partial charge is 0.254 e. The van der Waals surface area contributed by atoms with Gasteiger partial charge in [0.1, 0.15) is 0 Å². The van der Waals surface area contributed by atoms with Crippen LogP contribution in [0.25, 0.3) is 0 Å². The second-order valence-electron chi connectivity index (χ2n) is 6.23. The van der Waals surface area contributed by atoms with Gasteiger partial charge in [-0.05, 0) is 38.0 Å². The lowest BCUT2D eigenvalue weighted by Gasteiger charge is -2.26. The van der Waals surface area contributed by atoms with Crippen LogP contribution in [0.4, 0.5) is 0 Å². The van der Waals surface area contributed by atoms with Crippen molar-refractivity contribution in [2.75, 3.05) is 39.4 Å². The van der Waals surface area contributed by atoms with E-state index in [0.717, 1.165) is 18.4 Å². The van der Waals surface area contributed by atoms with Gasteiger partial charge in [0.15, 0.2) is 0 Å². The van der Waals surface area contributed by atoms with E-state index in [0.29, 0.717) is 45.0 Å². The van der Waals surface area contributed by atoms with Crippen LogP contribution in [0.15, 0.2) is 23.1 Å².